The standard InChI is InChI=1S/C11H12O2/c12-7-3-6-10-8-4-1-2-5-9(8)11(10)13/h1-2,4-5,10,12H,3,6-7H2. The molecule has 2 rings (SSSR count). The molecule has 2 heteroatoms. The molecular formula is C11H12O2. The van der Waals surface area contributed by atoms with E-state index in [2.05, 4.69) is 0 Å². The molecule has 68 valence electrons. The molecule has 0 fully saturated rings. The van der Waals surface area contributed by atoms with Gasteiger partial charge in [-0.05, 0) is 18.4 Å². The first-order chi connectivity index (χ1) is 6.34. The predicted molar refractivity (Wildman–Crippen MR) is 49.8 cm³/mol. The Morgan fingerprint density at radius 3 is 2.85 bits per heavy atom. The zero-order chi connectivity index (χ0) is 9.26. The summed E-state index contributed by atoms with van der Waals surface area (Å²) in [5, 5.41) is 8.66. The Balaban J connectivity index is 2.15. The van der Waals surface area contributed by atoms with Crippen molar-refractivity contribution in [1.29, 1.82) is 0 Å². The van der Waals surface area contributed by atoms with Crippen LogP contribution in [-0.4, -0.2) is 17.5 Å². The van der Waals surface area contributed by atoms with Crippen LogP contribution < -0.4 is 0 Å². The number of aliphatic hydroxyl groups is 1. The maximum Gasteiger partial charge on any atom is 0.170 e. The molecule has 0 bridgehead atoms. The first-order valence-corrected chi connectivity index (χ1v) is 4.58. The van der Waals surface area contributed by atoms with Gasteiger partial charge in [0.25, 0.3) is 0 Å². The van der Waals surface area contributed by atoms with Gasteiger partial charge in [0.1, 0.15) is 0 Å². The van der Waals surface area contributed by atoms with Crippen molar-refractivity contribution >= 4 is 5.78 Å². The summed E-state index contributed by atoms with van der Waals surface area (Å²) >= 11 is 0. The van der Waals surface area contributed by atoms with Gasteiger partial charge < -0.3 is 5.11 Å². The van der Waals surface area contributed by atoms with Crippen molar-refractivity contribution in [3.8, 4) is 0 Å². The lowest BCUT2D eigenvalue weighted by Gasteiger charge is -2.27. The average Bonchev–Trinajstić information content (AvgIpc) is 2.18. The van der Waals surface area contributed by atoms with Crippen LogP contribution in [0, 0.1) is 0 Å². The molecular weight excluding hydrogens is 164 g/mol. The molecule has 0 spiro atoms. The molecule has 1 aliphatic rings. The van der Waals surface area contributed by atoms with Crippen molar-refractivity contribution in [2.75, 3.05) is 6.61 Å². The highest BCUT2D eigenvalue weighted by Gasteiger charge is 2.34. The molecule has 13 heavy (non-hydrogen) atoms. The molecule has 0 saturated heterocycles. The zero-order valence-corrected chi connectivity index (χ0v) is 7.36. The van der Waals surface area contributed by atoms with Gasteiger partial charge in [-0.2, -0.15) is 0 Å². The number of ketones is 1. The third-order valence-corrected chi connectivity index (χ3v) is 2.57. The number of rotatable bonds is 3. The van der Waals surface area contributed by atoms with E-state index < -0.39 is 0 Å². The van der Waals surface area contributed by atoms with Crippen LogP contribution in [0.2, 0.25) is 0 Å². The third kappa shape index (κ3) is 1.27. The molecule has 1 atom stereocenters. The van der Waals surface area contributed by atoms with Gasteiger partial charge in [-0.1, -0.05) is 24.3 Å². The molecule has 1 aromatic rings. The zero-order valence-electron chi connectivity index (χ0n) is 7.36. The Bertz CT molecular complexity index is 331. The Morgan fingerprint density at radius 2 is 2.08 bits per heavy atom. The minimum absolute atomic E-state index is 0.0587. The van der Waals surface area contributed by atoms with Crippen LogP contribution in [0.5, 0.6) is 0 Å². The van der Waals surface area contributed by atoms with Crippen molar-refractivity contribution in [3.63, 3.8) is 0 Å². The molecule has 1 N–H and O–H groups in total. The van der Waals surface area contributed by atoms with Gasteiger partial charge in [-0.15, -0.1) is 0 Å². The van der Waals surface area contributed by atoms with E-state index in [0.717, 1.165) is 17.5 Å². The minimum Gasteiger partial charge on any atom is -0.396 e. The first kappa shape index (κ1) is 8.45. The van der Waals surface area contributed by atoms with Crippen molar-refractivity contribution in [3.05, 3.63) is 35.4 Å². The molecule has 1 aromatic carbocycles. The van der Waals surface area contributed by atoms with E-state index in [4.69, 9.17) is 5.11 Å². The maximum atomic E-state index is 11.5. The number of carbonyl (C=O) groups excluding carboxylic acids is 1. The summed E-state index contributed by atoms with van der Waals surface area (Å²) in [6.45, 7) is 0.173. The fourth-order valence-corrected chi connectivity index (χ4v) is 1.86. The summed E-state index contributed by atoms with van der Waals surface area (Å²) in [5.41, 5.74) is 2.02. The summed E-state index contributed by atoms with van der Waals surface area (Å²) in [7, 11) is 0. The van der Waals surface area contributed by atoms with Gasteiger partial charge in [-0.3, -0.25) is 4.79 Å². The van der Waals surface area contributed by atoms with Crippen LogP contribution in [0.15, 0.2) is 24.3 Å². The van der Waals surface area contributed by atoms with Gasteiger partial charge >= 0.3 is 0 Å². The van der Waals surface area contributed by atoms with Gasteiger partial charge in [-0.25, -0.2) is 0 Å². The molecule has 0 heterocycles. The number of carbonyl (C=O) groups is 1. The molecule has 0 saturated carbocycles. The van der Waals surface area contributed by atoms with Crippen molar-refractivity contribution < 1.29 is 9.90 Å². The van der Waals surface area contributed by atoms with Crippen LogP contribution >= 0.6 is 0 Å². The quantitative estimate of drug-likeness (QED) is 0.761. The predicted octanol–water partition coefficient (Wildman–Crippen LogP) is 1.74. The van der Waals surface area contributed by atoms with Crippen LogP contribution in [0.1, 0.15) is 34.7 Å². The van der Waals surface area contributed by atoms with E-state index in [9.17, 15) is 4.79 Å². The number of aliphatic hydroxyl groups excluding tert-OH is 1. The summed E-state index contributed by atoms with van der Waals surface area (Å²) in [6.07, 6.45) is 1.50. The third-order valence-electron chi connectivity index (χ3n) is 2.57. The fourth-order valence-electron chi connectivity index (χ4n) is 1.86. The van der Waals surface area contributed by atoms with E-state index in [1.54, 1.807) is 0 Å². The highest BCUT2D eigenvalue weighted by molar-refractivity contribution is 6.10. The monoisotopic (exact) mass is 176 g/mol. The van der Waals surface area contributed by atoms with E-state index in [1.165, 1.54) is 0 Å². The lowest BCUT2D eigenvalue weighted by molar-refractivity contribution is 0.0917. The summed E-state index contributed by atoms with van der Waals surface area (Å²) in [5.74, 6) is 0.299. The van der Waals surface area contributed by atoms with Gasteiger partial charge in [0, 0.05) is 18.1 Å². The number of hydrogen-bond acceptors (Lipinski definition) is 2. The summed E-state index contributed by atoms with van der Waals surface area (Å²) < 4.78 is 0. The Morgan fingerprint density at radius 1 is 1.31 bits per heavy atom. The largest absolute Gasteiger partial charge is 0.396 e. The lowest BCUT2D eigenvalue weighted by Crippen LogP contribution is -2.26. The van der Waals surface area contributed by atoms with E-state index in [0.29, 0.717) is 6.42 Å². The normalized spacial score (nSPS) is 19.5. The van der Waals surface area contributed by atoms with Gasteiger partial charge in [0.2, 0.25) is 0 Å². The van der Waals surface area contributed by atoms with Crippen LogP contribution in [0.3, 0.4) is 0 Å². The number of Topliss-reactive ketones (excluding diaryl/α,β-unsaturated/α-hetero) is 1. The second kappa shape index (κ2) is 3.30. The van der Waals surface area contributed by atoms with Gasteiger partial charge in [0.15, 0.2) is 5.78 Å². The second-order valence-electron chi connectivity index (χ2n) is 3.37. The van der Waals surface area contributed by atoms with E-state index >= 15 is 0 Å². The van der Waals surface area contributed by atoms with Crippen molar-refractivity contribution in [2.45, 2.75) is 18.8 Å². The second-order valence-corrected chi connectivity index (χ2v) is 3.37. The lowest BCUT2D eigenvalue weighted by atomic mass is 9.74. The number of benzene rings is 1. The average molecular weight is 176 g/mol. The maximum absolute atomic E-state index is 11.5. The smallest absolute Gasteiger partial charge is 0.170 e. The van der Waals surface area contributed by atoms with E-state index in [-0.39, 0.29) is 18.3 Å². The highest BCUT2D eigenvalue weighted by Crippen LogP contribution is 2.37. The minimum atomic E-state index is 0.0587. The van der Waals surface area contributed by atoms with Crippen LogP contribution in [0.25, 0.3) is 0 Å². The number of fused-ring (bicyclic) bond motifs is 1. The molecule has 1 aliphatic carbocycles. The fraction of sp³-hybridized carbons (Fsp3) is 0.364. The van der Waals surface area contributed by atoms with Crippen molar-refractivity contribution in [2.24, 2.45) is 0 Å². The summed E-state index contributed by atoms with van der Waals surface area (Å²) in [6, 6.07) is 7.71. The number of hydrogen-bond donors (Lipinski definition) is 1. The van der Waals surface area contributed by atoms with Gasteiger partial charge in [0.05, 0.1) is 0 Å². The van der Waals surface area contributed by atoms with E-state index in [1.807, 2.05) is 24.3 Å². The Labute approximate surface area is 77.2 Å². The molecule has 0 aliphatic heterocycles. The van der Waals surface area contributed by atoms with Crippen molar-refractivity contribution in [1.82, 2.24) is 0 Å². The molecule has 1 unspecified atom stereocenters. The summed E-state index contributed by atoms with van der Waals surface area (Å²) in [4.78, 5) is 11.5. The Hall–Kier alpha value is -1.15. The van der Waals surface area contributed by atoms with Crippen LogP contribution in [-0.2, 0) is 0 Å². The molecule has 0 amide bonds. The topological polar surface area (TPSA) is 37.3 Å². The van der Waals surface area contributed by atoms with Crippen LogP contribution in [0.4, 0.5) is 0 Å². The highest BCUT2D eigenvalue weighted by atomic mass is 16.2. The SMILES string of the molecule is O=C1c2ccccc2C1CCCO. The molecule has 0 radical (unpaired) electrons. The first-order valence-electron chi connectivity index (χ1n) is 4.58. The Kier molecular flexibility index (Phi) is 2.15. The molecule has 2 nitrogen and oxygen atoms in total. The molecule has 0 aromatic heterocycles.